The van der Waals surface area contributed by atoms with E-state index in [1.807, 2.05) is 19.1 Å². The number of aliphatic hydroxyl groups is 1. The second-order valence-corrected chi connectivity index (χ2v) is 5.19. The van der Waals surface area contributed by atoms with Crippen molar-refractivity contribution in [2.24, 2.45) is 5.92 Å². The molecule has 0 saturated carbocycles. The maximum absolute atomic E-state index is 12.1. The Bertz CT molecular complexity index is 507. The fourth-order valence-corrected chi connectivity index (χ4v) is 2.37. The highest BCUT2D eigenvalue weighted by atomic mass is 16.3. The van der Waals surface area contributed by atoms with E-state index in [1.165, 1.54) is 0 Å². The maximum Gasteiger partial charge on any atom is 0.317 e. The summed E-state index contributed by atoms with van der Waals surface area (Å²) in [6.07, 6.45) is 0.856. The normalized spacial score (nSPS) is 19.4. The van der Waals surface area contributed by atoms with Gasteiger partial charge in [0.15, 0.2) is 0 Å². The molecule has 1 heterocycles. The zero-order valence-corrected chi connectivity index (χ0v) is 11.5. The van der Waals surface area contributed by atoms with Crippen LogP contribution in [-0.2, 0) is 0 Å². The quantitative estimate of drug-likeness (QED) is 0.879. The Morgan fingerprint density at radius 3 is 2.80 bits per heavy atom. The molecule has 1 fully saturated rings. The number of urea groups is 1. The van der Waals surface area contributed by atoms with E-state index in [0.717, 1.165) is 12.0 Å². The minimum absolute atomic E-state index is 0.0993. The van der Waals surface area contributed by atoms with Gasteiger partial charge in [-0.1, -0.05) is 12.1 Å². The molecule has 1 aliphatic rings. The molecule has 2 rings (SSSR count). The molecule has 0 aromatic heterocycles. The fraction of sp³-hybridized carbons (Fsp3) is 0.467. The Morgan fingerprint density at radius 2 is 2.25 bits per heavy atom. The van der Waals surface area contributed by atoms with Crippen LogP contribution >= 0.6 is 0 Å². The van der Waals surface area contributed by atoms with Crippen LogP contribution < -0.4 is 5.32 Å². The predicted molar refractivity (Wildman–Crippen MR) is 74.9 cm³/mol. The van der Waals surface area contributed by atoms with Crippen molar-refractivity contribution in [3.8, 4) is 6.07 Å². The van der Waals surface area contributed by atoms with Gasteiger partial charge in [0.05, 0.1) is 17.7 Å². The lowest BCUT2D eigenvalue weighted by Crippen LogP contribution is -2.39. The van der Waals surface area contributed by atoms with Crippen LogP contribution in [0.4, 0.5) is 4.79 Å². The third-order valence-electron chi connectivity index (χ3n) is 3.71. The molecule has 20 heavy (non-hydrogen) atoms. The Labute approximate surface area is 118 Å². The third kappa shape index (κ3) is 3.28. The number of carbonyl (C=O) groups excluding carboxylic acids is 1. The van der Waals surface area contributed by atoms with E-state index in [-0.39, 0.29) is 24.6 Å². The van der Waals surface area contributed by atoms with Crippen LogP contribution in [0.5, 0.6) is 0 Å². The molecule has 5 heteroatoms. The first-order valence-electron chi connectivity index (χ1n) is 6.80. The van der Waals surface area contributed by atoms with Crippen molar-refractivity contribution < 1.29 is 9.90 Å². The molecule has 106 valence electrons. The van der Waals surface area contributed by atoms with Crippen molar-refractivity contribution in [1.82, 2.24) is 10.2 Å². The first kappa shape index (κ1) is 14.4. The molecule has 2 amide bonds. The van der Waals surface area contributed by atoms with E-state index in [9.17, 15) is 4.79 Å². The second kappa shape index (κ2) is 6.40. The van der Waals surface area contributed by atoms with Crippen LogP contribution in [0.1, 0.15) is 30.5 Å². The minimum Gasteiger partial charge on any atom is -0.396 e. The summed E-state index contributed by atoms with van der Waals surface area (Å²) in [5.41, 5.74) is 1.58. The summed E-state index contributed by atoms with van der Waals surface area (Å²) in [6, 6.07) is 9.06. The van der Waals surface area contributed by atoms with Crippen molar-refractivity contribution in [1.29, 1.82) is 5.26 Å². The number of nitrogens with zero attached hydrogens (tertiary/aromatic N) is 2. The van der Waals surface area contributed by atoms with Gasteiger partial charge in [0.25, 0.3) is 0 Å². The van der Waals surface area contributed by atoms with Crippen LogP contribution in [0.3, 0.4) is 0 Å². The van der Waals surface area contributed by atoms with E-state index in [2.05, 4.69) is 11.4 Å². The fourth-order valence-electron chi connectivity index (χ4n) is 2.37. The van der Waals surface area contributed by atoms with Gasteiger partial charge in [0, 0.05) is 25.6 Å². The molecule has 0 spiro atoms. The summed E-state index contributed by atoms with van der Waals surface area (Å²) < 4.78 is 0. The summed E-state index contributed by atoms with van der Waals surface area (Å²) in [5.74, 6) is 0.200. The number of aliphatic hydroxyl groups excluding tert-OH is 1. The molecule has 0 bridgehead atoms. The molecule has 5 nitrogen and oxygen atoms in total. The van der Waals surface area contributed by atoms with Crippen LogP contribution in [0.25, 0.3) is 0 Å². The molecule has 2 N–H and O–H groups in total. The second-order valence-electron chi connectivity index (χ2n) is 5.19. The van der Waals surface area contributed by atoms with Crippen molar-refractivity contribution in [2.75, 3.05) is 19.7 Å². The number of hydrogen-bond donors (Lipinski definition) is 2. The number of benzene rings is 1. The lowest BCUT2D eigenvalue weighted by molar-refractivity contribution is 0.195. The summed E-state index contributed by atoms with van der Waals surface area (Å²) in [7, 11) is 0. The summed E-state index contributed by atoms with van der Waals surface area (Å²) in [4.78, 5) is 13.8. The number of amides is 2. The van der Waals surface area contributed by atoms with Crippen molar-refractivity contribution in [3.05, 3.63) is 35.4 Å². The zero-order chi connectivity index (χ0) is 14.5. The van der Waals surface area contributed by atoms with E-state index >= 15 is 0 Å². The van der Waals surface area contributed by atoms with Crippen LogP contribution in [0, 0.1) is 17.2 Å². The van der Waals surface area contributed by atoms with Gasteiger partial charge in [0.1, 0.15) is 0 Å². The number of carbonyl (C=O) groups is 1. The van der Waals surface area contributed by atoms with Crippen LogP contribution in [0.15, 0.2) is 24.3 Å². The lowest BCUT2D eigenvalue weighted by Gasteiger charge is -2.21. The predicted octanol–water partition coefficient (Wildman–Crippen LogP) is 1.64. The van der Waals surface area contributed by atoms with E-state index in [4.69, 9.17) is 10.4 Å². The lowest BCUT2D eigenvalue weighted by atomic mass is 10.1. The van der Waals surface area contributed by atoms with Gasteiger partial charge in [-0.3, -0.25) is 0 Å². The minimum atomic E-state index is -0.108. The Balaban J connectivity index is 1.92. The molecule has 1 saturated heterocycles. The standard InChI is InChI=1S/C15H19N3O2/c1-11(14-4-2-12(8-16)3-5-14)17-15(20)18-7-6-13(9-18)10-19/h2-5,11,13,19H,6-7,9-10H2,1H3,(H,17,20). The monoisotopic (exact) mass is 273 g/mol. The molecule has 2 atom stereocenters. The number of nitriles is 1. The third-order valence-corrected chi connectivity index (χ3v) is 3.71. The topological polar surface area (TPSA) is 76.4 Å². The molecule has 0 radical (unpaired) electrons. The Morgan fingerprint density at radius 1 is 1.55 bits per heavy atom. The summed E-state index contributed by atoms with van der Waals surface area (Å²) in [6.45, 7) is 3.35. The smallest absolute Gasteiger partial charge is 0.317 e. The first-order chi connectivity index (χ1) is 9.63. The van der Waals surface area contributed by atoms with E-state index in [1.54, 1.807) is 17.0 Å². The highest BCUT2D eigenvalue weighted by Gasteiger charge is 2.26. The average Bonchev–Trinajstić information content (AvgIpc) is 2.96. The van der Waals surface area contributed by atoms with E-state index in [0.29, 0.717) is 18.7 Å². The van der Waals surface area contributed by atoms with Gasteiger partial charge in [0.2, 0.25) is 0 Å². The van der Waals surface area contributed by atoms with Gasteiger partial charge < -0.3 is 15.3 Å². The van der Waals surface area contributed by atoms with Gasteiger partial charge in [-0.15, -0.1) is 0 Å². The molecule has 0 aliphatic carbocycles. The Hall–Kier alpha value is -2.06. The van der Waals surface area contributed by atoms with Crippen molar-refractivity contribution in [2.45, 2.75) is 19.4 Å². The van der Waals surface area contributed by atoms with Gasteiger partial charge >= 0.3 is 6.03 Å². The first-order valence-corrected chi connectivity index (χ1v) is 6.80. The number of nitrogens with one attached hydrogen (secondary N) is 1. The van der Waals surface area contributed by atoms with Crippen LogP contribution in [0.2, 0.25) is 0 Å². The molecule has 2 unspecified atom stereocenters. The van der Waals surface area contributed by atoms with Gasteiger partial charge in [-0.25, -0.2) is 4.79 Å². The van der Waals surface area contributed by atoms with E-state index < -0.39 is 0 Å². The Kier molecular flexibility index (Phi) is 4.59. The summed E-state index contributed by atoms with van der Waals surface area (Å²) in [5, 5.41) is 20.8. The number of rotatable bonds is 3. The highest BCUT2D eigenvalue weighted by molar-refractivity contribution is 5.75. The SMILES string of the molecule is CC(NC(=O)N1CCC(CO)C1)c1ccc(C#N)cc1. The van der Waals surface area contributed by atoms with Gasteiger partial charge in [-0.05, 0) is 31.0 Å². The molecule has 1 aliphatic heterocycles. The van der Waals surface area contributed by atoms with Gasteiger partial charge in [-0.2, -0.15) is 5.26 Å². The summed E-state index contributed by atoms with van der Waals surface area (Å²) >= 11 is 0. The maximum atomic E-state index is 12.1. The van der Waals surface area contributed by atoms with Crippen molar-refractivity contribution in [3.63, 3.8) is 0 Å². The molecule has 1 aromatic carbocycles. The zero-order valence-electron chi connectivity index (χ0n) is 11.5. The van der Waals surface area contributed by atoms with Crippen molar-refractivity contribution >= 4 is 6.03 Å². The molecular weight excluding hydrogens is 254 g/mol. The largest absolute Gasteiger partial charge is 0.396 e. The van der Waals surface area contributed by atoms with Crippen LogP contribution in [-0.4, -0.2) is 35.7 Å². The molecular formula is C15H19N3O2. The highest BCUT2D eigenvalue weighted by Crippen LogP contribution is 2.17. The average molecular weight is 273 g/mol. The number of likely N-dealkylation sites (tertiary alicyclic amines) is 1. The molecule has 1 aromatic rings. The number of hydrogen-bond acceptors (Lipinski definition) is 3.